The van der Waals surface area contributed by atoms with Crippen molar-refractivity contribution in [2.45, 2.75) is 55.5 Å². The van der Waals surface area contributed by atoms with Crippen molar-refractivity contribution in [1.29, 1.82) is 0 Å². The van der Waals surface area contributed by atoms with Crippen LogP contribution < -0.4 is 15.0 Å². The number of benzene rings is 2. The van der Waals surface area contributed by atoms with Crippen molar-refractivity contribution in [3.8, 4) is 11.5 Å². The van der Waals surface area contributed by atoms with Crippen LogP contribution in [0.4, 0.5) is 11.6 Å². The van der Waals surface area contributed by atoms with Gasteiger partial charge in [-0.25, -0.2) is 0 Å². The zero-order valence-electron chi connectivity index (χ0n) is 18.8. The molecule has 1 saturated carbocycles. The number of ether oxygens (including phenoxy) is 1. The lowest BCUT2D eigenvalue weighted by Gasteiger charge is -2.28. The molecule has 1 amide bonds. The van der Waals surface area contributed by atoms with Crippen LogP contribution >= 0.6 is 11.8 Å². The number of carbonyl (C=O) groups excluding carboxylic acids is 1. The van der Waals surface area contributed by atoms with E-state index in [0.29, 0.717) is 6.04 Å². The first-order valence-corrected chi connectivity index (χ1v) is 12.6. The monoisotopic (exact) mass is 463 g/mol. The Balaban J connectivity index is 1.21. The highest BCUT2D eigenvalue weighted by Crippen LogP contribution is 2.42. The van der Waals surface area contributed by atoms with E-state index in [1.807, 2.05) is 61.5 Å². The molecule has 1 saturated heterocycles. The predicted molar refractivity (Wildman–Crippen MR) is 131 cm³/mol. The summed E-state index contributed by atoms with van der Waals surface area (Å²) in [5.74, 6) is 2.43. The summed E-state index contributed by atoms with van der Waals surface area (Å²) in [6, 6.07) is 17.5. The van der Waals surface area contributed by atoms with Crippen LogP contribution in [0.1, 0.15) is 45.1 Å². The molecule has 0 spiro atoms. The number of hydrogen-bond donors (Lipinski definition) is 1. The van der Waals surface area contributed by atoms with Crippen LogP contribution in [0, 0.1) is 0 Å². The molecule has 5 rings (SSSR count). The third-order valence-electron chi connectivity index (χ3n) is 5.95. The Morgan fingerprint density at radius 1 is 1.00 bits per heavy atom. The third-order valence-corrected chi connectivity index (χ3v) is 7.01. The summed E-state index contributed by atoms with van der Waals surface area (Å²) < 4.78 is 8.08. The van der Waals surface area contributed by atoms with Gasteiger partial charge < -0.3 is 15.0 Å². The van der Waals surface area contributed by atoms with Gasteiger partial charge in [0.2, 0.25) is 11.9 Å². The largest absolute Gasteiger partial charge is 0.457 e. The topological polar surface area (TPSA) is 72.3 Å². The minimum absolute atomic E-state index is 0.0541. The molecule has 0 radical (unpaired) electrons. The average Bonchev–Trinajstić information content (AvgIpc) is 3.61. The van der Waals surface area contributed by atoms with E-state index < -0.39 is 0 Å². The molecule has 3 aromatic rings. The first-order valence-electron chi connectivity index (χ1n) is 11.7. The number of anilines is 2. The number of nitrogens with one attached hydrogen (secondary N) is 1. The molecule has 7 nitrogen and oxygen atoms in total. The molecule has 2 aromatic carbocycles. The van der Waals surface area contributed by atoms with Crippen molar-refractivity contribution in [3.63, 3.8) is 0 Å². The van der Waals surface area contributed by atoms with E-state index in [1.165, 1.54) is 31.0 Å². The van der Waals surface area contributed by atoms with Crippen LogP contribution in [0.25, 0.3) is 0 Å². The van der Waals surface area contributed by atoms with E-state index in [4.69, 9.17) is 4.74 Å². The summed E-state index contributed by atoms with van der Waals surface area (Å²) in [4.78, 5) is 15.2. The van der Waals surface area contributed by atoms with Crippen molar-refractivity contribution in [2.75, 3.05) is 23.3 Å². The third kappa shape index (κ3) is 5.33. The molecule has 0 unspecified atom stereocenters. The summed E-state index contributed by atoms with van der Waals surface area (Å²) in [5.41, 5.74) is 0.741. The van der Waals surface area contributed by atoms with Gasteiger partial charge >= 0.3 is 0 Å². The Labute approximate surface area is 198 Å². The summed E-state index contributed by atoms with van der Waals surface area (Å²) >= 11 is 1.48. The van der Waals surface area contributed by atoms with Crippen LogP contribution in [-0.2, 0) is 4.79 Å². The summed E-state index contributed by atoms with van der Waals surface area (Å²) in [6.07, 6.45) is 6.00. The number of para-hydroxylation sites is 1. The van der Waals surface area contributed by atoms with E-state index in [9.17, 15) is 4.79 Å². The number of nitrogens with zero attached hydrogens (tertiary/aromatic N) is 4. The molecule has 1 aliphatic heterocycles. The molecule has 8 heteroatoms. The Morgan fingerprint density at radius 2 is 1.70 bits per heavy atom. The molecular weight excluding hydrogens is 434 g/mol. The number of piperidine rings is 1. The number of rotatable bonds is 8. The van der Waals surface area contributed by atoms with Gasteiger partial charge in [0.15, 0.2) is 5.16 Å². The second-order valence-corrected chi connectivity index (χ2v) is 9.93. The quantitative estimate of drug-likeness (QED) is 0.444. The maximum atomic E-state index is 12.9. The lowest BCUT2D eigenvalue weighted by atomic mass is 10.1. The van der Waals surface area contributed by atoms with Gasteiger partial charge in [0.25, 0.3) is 0 Å². The summed E-state index contributed by atoms with van der Waals surface area (Å²) in [5, 5.41) is 12.5. The fourth-order valence-corrected chi connectivity index (χ4v) is 4.91. The molecular formula is C25H29N5O2S. The van der Waals surface area contributed by atoms with Gasteiger partial charge in [0.1, 0.15) is 11.5 Å². The highest BCUT2D eigenvalue weighted by atomic mass is 32.2. The lowest BCUT2D eigenvalue weighted by molar-refractivity contribution is -0.115. The Hall–Kier alpha value is -3.00. The number of hydrogen-bond acceptors (Lipinski definition) is 6. The van der Waals surface area contributed by atoms with Gasteiger partial charge in [0.05, 0.1) is 5.25 Å². The predicted octanol–water partition coefficient (Wildman–Crippen LogP) is 5.51. The molecule has 2 aliphatic rings. The molecule has 33 heavy (non-hydrogen) atoms. The van der Waals surface area contributed by atoms with Gasteiger partial charge in [-0.3, -0.25) is 9.36 Å². The zero-order chi connectivity index (χ0) is 22.6. The zero-order valence-corrected chi connectivity index (χ0v) is 19.6. The second-order valence-electron chi connectivity index (χ2n) is 8.62. The van der Waals surface area contributed by atoms with Crippen LogP contribution in [0.15, 0.2) is 59.8 Å². The maximum Gasteiger partial charge on any atom is 0.237 e. The molecule has 172 valence electrons. The highest BCUT2D eigenvalue weighted by Gasteiger charge is 2.33. The van der Waals surface area contributed by atoms with Crippen molar-refractivity contribution < 1.29 is 9.53 Å². The number of aromatic nitrogens is 3. The SMILES string of the molecule is C[C@@H](Sc1nnc(N2CCCCC2)n1C1CC1)C(=O)Nc1ccc(Oc2ccccc2)cc1. The van der Waals surface area contributed by atoms with Crippen LogP contribution in [0.5, 0.6) is 11.5 Å². The number of amides is 1. The summed E-state index contributed by atoms with van der Waals surface area (Å²) in [7, 11) is 0. The Kier molecular flexibility index (Phi) is 6.53. The van der Waals surface area contributed by atoms with Gasteiger partial charge in [-0.1, -0.05) is 30.0 Å². The molecule has 0 bridgehead atoms. The van der Waals surface area contributed by atoms with E-state index in [-0.39, 0.29) is 11.2 Å². The van der Waals surface area contributed by atoms with Gasteiger partial charge in [0, 0.05) is 24.8 Å². The van der Waals surface area contributed by atoms with Gasteiger partial charge in [-0.15, -0.1) is 10.2 Å². The van der Waals surface area contributed by atoms with Crippen LogP contribution in [0.2, 0.25) is 0 Å². The standard InChI is InChI=1S/C25H29N5O2S/c1-18(23(31)26-19-10-14-22(15-11-19)32-21-8-4-2-5-9-21)33-25-28-27-24(30(25)20-12-13-20)29-16-6-3-7-17-29/h2,4-5,8-11,14-15,18,20H,3,6-7,12-13,16-17H2,1H3,(H,26,31)/t18-/m1/s1. The lowest BCUT2D eigenvalue weighted by Crippen LogP contribution is -2.32. The molecule has 1 atom stereocenters. The highest BCUT2D eigenvalue weighted by molar-refractivity contribution is 8.00. The van der Waals surface area contributed by atoms with Crippen molar-refractivity contribution in [2.24, 2.45) is 0 Å². The van der Waals surface area contributed by atoms with Gasteiger partial charge in [-0.05, 0) is 75.4 Å². The Bertz CT molecular complexity index is 1080. The molecule has 1 N–H and O–H groups in total. The van der Waals surface area contributed by atoms with Crippen LogP contribution in [-0.4, -0.2) is 39.0 Å². The molecule has 1 aliphatic carbocycles. The normalized spacial score (nSPS) is 16.9. The smallest absolute Gasteiger partial charge is 0.237 e. The van der Waals surface area contributed by atoms with E-state index >= 15 is 0 Å². The first-order chi connectivity index (χ1) is 16.2. The van der Waals surface area contributed by atoms with Crippen molar-refractivity contribution in [1.82, 2.24) is 14.8 Å². The van der Waals surface area contributed by atoms with Crippen molar-refractivity contribution in [3.05, 3.63) is 54.6 Å². The number of thioether (sulfide) groups is 1. The van der Waals surface area contributed by atoms with Gasteiger partial charge in [-0.2, -0.15) is 0 Å². The summed E-state index contributed by atoms with van der Waals surface area (Å²) in [6.45, 7) is 3.99. The fourth-order valence-electron chi connectivity index (χ4n) is 4.00. The van der Waals surface area contributed by atoms with E-state index in [1.54, 1.807) is 0 Å². The minimum Gasteiger partial charge on any atom is -0.457 e. The molecule has 1 aromatic heterocycles. The average molecular weight is 464 g/mol. The number of carbonyl (C=O) groups is 1. The molecule has 2 heterocycles. The Morgan fingerprint density at radius 3 is 2.39 bits per heavy atom. The minimum atomic E-state index is -0.291. The maximum absolute atomic E-state index is 12.9. The molecule has 2 fully saturated rings. The van der Waals surface area contributed by atoms with Crippen LogP contribution in [0.3, 0.4) is 0 Å². The van der Waals surface area contributed by atoms with Crippen molar-refractivity contribution >= 4 is 29.3 Å². The fraction of sp³-hybridized carbons (Fsp3) is 0.400. The second kappa shape index (κ2) is 9.87. The first kappa shape index (κ1) is 21.8. The van der Waals surface area contributed by atoms with E-state index in [0.717, 1.165) is 54.2 Å². The van der Waals surface area contributed by atoms with E-state index in [2.05, 4.69) is 25.0 Å².